The highest BCUT2D eigenvalue weighted by atomic mass is 19.1. The van der Waals surface area contributed by atoms with Crippen LogP contribution in [0.25, 0.3) is 0 Å². The molecule has 0 aromatic heterocycles. The first-order valence-corrected chi connectivity index (χ1v) is 4.10. The van der Waals surface area contributed by atoms with Crippen LogP contribution in [0.15, 0.2) is 12.1 Å². The molecule has 15 heavy (non-hydrogen) atoms. The molecule has 0 saturated carbocycles. The fourth-order valence-electron chi connectivity index (χ4n) is 1.11. The summed E-state index contributed by atoms with van der Waals surface area (Å²) in [4.78, 5) is 11.8. The maximum atomic E-state index is 13.3. The Morgan fingerprint density at radius 1 is 1.40 bits per heavy atom. The van der Waals surface area contributed by atoms with Gasteiger partial charge in [-0.25, -0.2) is 8.78 Å². The van der Waals surface area contributed by atoms with Crippen molar-refractivity contribution in [2.45, 2.75) is 6.92 Å². The third-order valence-electron chi connectivity index (χ3n) is 1.95. The molecule has 1 amide bonds. The van der Waals surface area contributed by atoms with Gasteiger partial charge in [-0.2, -0.15) is 5.26 Å². The summed E-state index contributed by atoms with van der Waals surface area (Å²) in [5.41, 5.74) is -0.563. The van der Waals surface area contributed by atoms with Crippen molar-refractivity contribution in [1.82, 2.24) is 0 Å². The Morgan fingerprint density at radius 2 is 1.87 bits per heavy atom. The molecule has 1 rings (SSSR count). The minimum atomic E-state index is -0.927. The lowest BCUT2D eigenvalue weighted by molar-refractivity contribution is -0.116. The number of benzene rings is 1. The van der Waals surface area contributed by atoms with E-state index in [1.165, 1.54) is 14.0 Å². The third-order valence-corrected chi connectivity index (χ3v) is 1.95. The molecule has 0 unspecified atom stereocenters. The van der Waals surface area contributed by atoms with Gasteiger partial charge < -0.3 is 4.90 Å². The normalized spacial score (nSPS) is 9.53. The van der Waals surface area contributed by atoms with E-state index in [0.29, 0.717) is 0 Å². The van der Waals surface area contributed by atoms with E-state index in [9.17, 15) is 13.6 Å². The fourth-order valence-corrected chi connectivity index (χ4v) is 1.11. The van der Waals surface area contributed by atoms with Gasteiger partial charge >= 0.3 is 0 Å². The summed E-state index contributed by atoms with van der Waals surface area (Å²) in [5, 5.41) is 8.46. The maximum Gasteiger partial charge on any atom is 0.223 e. The molecule has 0 atom stereocenters. The van der Waals surface area contributed by atoms with Crippen LogP contribution >= 0.6 is 0 Å². The Hall–Kier alpha value is -1.96. The summed E-state index contributed by atoms with van der Waals surface area (Å²) in [6, 6.07) is 3.39. The van der Waals surface area contributed by atoms with Crippen LogP contribution in [0.3, 0.4) is 0 Å². The van der Waals surface area contributed by atoms with Crippen LogP contribution in [0.5, 0.6) is 0 Å². The average Bonchev–Trinajstić information content (AvgIpc) is 2.16. The van der Waals surface area contributed by atoms with Crippen LogP contribution < -0.4 is 4.90 Å². The first-order valence-electron chi connectivity index (χ1n) is 4.10. The number of nitriles is 1. The zero-order valence-electron chi connectivity index (χ0n) is 8.21. The van der Waals surface area contributed by atoms with Crippen molar-refractivity contribution in [3.63, 3.8) is 0 Å². The molecule has 3 nitrogen and oxygen atoms in total. The molecule has 0 radical (unpaired) electrons. The number of carbonyl (C=O) groups excluding carboxylic acids is 1. The molecule has 0 aliphatic rings. The summed E-state index contributed by atoms with van der Waals surface area (Å²) in [7, 11) is 1.26. The molecule has 0 spiro atoms. The second-order valence-electron chi connectivity index (χ2n) is 2.98. The summed E-state index contributed by atoms with van der Waals surface area (Å²) in [6.45, 7) is 1.19. The van der Waals surface area contributed by atoms with Gasteiger partial charge in [0.2, 0.25) is 5.91 Å². The van der Waals surface area contributed by atoms with Gasteiger partial charge in [0.05, 0.1) is 11.6 Å². The molecular formula is C10H8F2N2O. The van der Waals surface area contributed by atoms with Crippen molar-refractivity contribution in [1.29, 1.82) is 5.26 Å². The average molecular weight is 210 g/mol. The second-order valence-corrected chi connectivity index (χ2v) is 2.98. The second kappa shape index (κ2) is 4.05. The Balaban J connectivity index is 3.33. The number of anilines is 1. The highest BCUT2D eigenvalue weighted by Gasteiger charge is 2.17. The standard InChI is InChI=1S/C10H8F2N2O/c1-6(15)14(2)10-8(11)3-7(5-13)4-9(10)12/h3-4H,1-2H3. The molecule has 0 bridgehead atoms. The molecular weight excluding hydrogens is 202 g/mol. The lowest BCUT2D eigenvalue weighted by Crippen LogP contribution is -2.25. The SMILES string of the molecule is CC(=O)N(C)c1c(F)cc(C#N)cc1F. The highest BCUT2D eigenvalue weighted by Crippen LogP contribution is 2.23. The molecule has 0 heterocycles. The Morgan fingerprint density at radius 3 is 2.20 bits per heavy atom. The van der Waals surface area contributed by atoms with Gasteiger partial charge in [-0.1, -0.05) is 0 Å². The Labute approximate surface area is 85.5 Å². The van der Waals surface area contributed by atoms with Crippen molar-refractivity contribution >= 4 is 11.6 Å². The number of amides is 1. The molecule has 0 aliphatic carbocycles. The minimum absolute atomic E-state index is 0.120. The van der Waals surface area contributed by atoms with E-state index in [1.54, 1.807) is 6.07 Å². The van der Waals surface area contributed by atoms with Crippen molar-refractivity contribution in [3.05, 3.63) is 29.3 Å². The predicted octanol–water partition coefficient (Wildman–Crippen LogP) is 1.82. The number of carbonyl (C=O) groups is 1. The lowest BCUT2D eigenvalue weighted by Gasteiger charge is -2.16. The number of halogens is 2. The van der Waals surface area contributed by atoms with Crippen molar-refractivity contribution in [2.24, 2.45) is 0 Å². The molecule has 0 N–H and O–H groups in total. The van der Waals surface area contributed by atoms with Crippen LogP contribution in [-0.4, -0.2) is 13.0 Å². The van der Waals surface area contributed by atoms with E-state index in [1.807, 2.05) is 0 Å². The Bertz CT molecular complexity index is 428. The smallest absolute Gasteiger partial charge is 0.223 e. The van der Waals surface area contributed by atoms with E-state index >= 15 is 0 Å². The Kier molecular flexibility index (Phi) is 3.00. The molecule has 5 heteroatoms. The van der Waals surface area contributed by atoms with E-state index in [4.69, 9.17) is 5.26 Å². The molecule has 0 fully saturated rings. The summed E-state index contributed by atoms with van der Waals surface area (Å²) in [5.74, 6) is -2.34. The number of rotatable bonds is 1. The van der Waals surface area contributed by atoms with Crippen molar-refractivity contribution in [3.8, 4) is 6.07 Å². The van der Waals surface area contributed by atoms with E-state index in [-0.39, 0.29) is 5.56 Å². The van der Waals surface area contributed by atoms with Gasteiger partial charge in [0.1, 0.15) is 5.69 Å². The van der Waals surface area contributed by atoms with Gasteiger partial charge in [-0.05, 0) is 12.1 Å². The molecule has 1 aromatic rings. The van der Waals surface area contributed by atoms with Gasteiger partial charge in [0.25, 0.3) is 0 Å². The van der Waals surface area contributed by atoms with Gasteiger partial charge in [-0.3, -0.25) is 4.79 Å². The summed E-state index contributed by atoms with van der Waals surface area (Å²) < 4.78 is 26.6. The monoisotopic (exact) mass is 210 g/mol. The highest BCUT2D eigenvalue weighted by molar-refractivity contribution is 5.91. The topological polar surface area (TPSA) is 44.1 Å². The van der Waals surface area contributed by atoms with Gasteiger partial charge in [0.15, 0.2) is 11.6 Å². The van der Waals surface area contributed by atoms with Crippen molar-refractivity contribution in [2.75, 3.05) is 11.9 Å². The quantitative estimate of drug-likeness (QED) is 0.709. The van der Waals surface area contributed by atoms with Crippen LogP contribution in [0.4, 0.5) is 14.5 Å². The number of hydrogen-bond acceptors (Lipinski definition) is 2. The largest absolute Gasteiger partial charge is 0.311 e. The summed E-state index contributed by atoms with van der Waals surface area (Å²) >= 11 is 0. The van der Waals surface area contributed by atoms with Crippen LogP contribution in [-0.2, 0) is 4.79 Å². The minimum Gasteiger partial charge on any atom is -0.311 e. The van der Waals surface area contributed by atoms with Crippen LogP contribution in [0.2, 0.25) is 0 Å². The van der Waals surface area contributed by atoms with Crippen LogP contribution in [0, 0.1) is 23.0 Å². The van der Waals surface area contributed by atoms with E-state index < -0.39 is 23.2 Å². The zero-order chi connectivity index (χ0) is 11.6. The molecule has 0 aliphatic heterocycles. The molecule has 0 saturated heterocycles. The number of nitrogens with zero attached hydrogens (tertiary/aromatic N) is 2. The first-order chi connectivity index (χ1) is 6.97. The van der Waals surface area contributed by atoms with Crippen LogP contribution in [0.1, 0.15) is 12.5 Å². The maximum absolute atomic E-state index is 13.3. The predicted molar refractivity (Wildman–Crippen MR) is 50.2 cm³/mol. The first kappa shape index (κ1) is 11.1. The van der Waals surface area contributed by atoms with E-state index in [2.05, 4.69) is 0 Å². The molecule has 78 valence electrons. The third kappa shape index (κ3) is 2.10. The van der Waals surface area contributed by atoms with E-state index in [0.717, 1.165) is 17.0 Å². The van der Waals surface area contributed by atoms with Gasteiger partial charge in [-0.15, -0.1) is 0 Å². The number of hydrogen-bond donors (Lipinski definition) is 0. The lowest BCUT2D eigenvalue weighted by atomic mass is 10.2. The fraction of sp³-hybridized carbons (Fsp3) is 0.200. The summed E-state index contributed by atoms with van der Waals surface area (Å²) in [6.07, 6.45) is 0. The van der Waals surface area contributed by atoms with Gasteiger partial charge in [0, 0.05) is 14.0 Å². The van der Waals surface area contributed by atoms with Crippen molar-refractivity contribution < 1.29 is 13.6 Å². The zero-order valence-corrected chi connectivity index (χ0v) is 8.21. The molecule has 1 aromatic carbocycles.